The minimum Gasteiger partial charge on any atom is -0.331 e. The van der Waals surface area contributed by atoms with Crippen LogP contribution in [0.15, 0.2) is 48.5 Å². The standard InChI is InChI=1S/C19H21N3O5/c1-3-16(4-2)20(13-14-8-6-5-7-9-14)19(23)15-10-17(21(24)25)12-18(11-15)22(26)27/h5-12,16H,3-4,13H2,1-2H3. The summed E-state index contributed by atoms with van der Waals surface area (Å²) in [6.07, 6.45) is 1.40. The van der Waals surface area contributed by atoms with Gasteiger partial charge in [-0.05, 0) is 18.4 Å². The Kier molecular flexibility index (Phi) is 6.59. The van der Waals surface area contributed by atoms with Crippen molar-refractivity contribution in [2.24, 2.45) is 0 Å². The number of carbonyl (C=O) groups excluding carboxylic acids is 1. The van der Waals surface area contributed by atoms with Crippen LogP contribution in [0.1, 0.15) is 42.6 Å². The van der Waals surface area contributed by atoms with Gasteiger partial charge in [0.25, 0.3) is 17.3 Å². The number of nitro benzene ring substituents is 2. The summed E-state index contributed by atoms with van der Waals surface area (Å²) in [5.41, 5.74) is -0.0927. The van der Waals surface area contributed by atoms with Crippen molar-refractivity contribution in [3.63, 3.8) is 0 Å². The van der Waals surface area contributed by atoms with Crippen LogP contribution in [0, 0.1) is 20.2 Å². The highest BCUT2D eigenvalue weighted by Gasteiger charge is 2.26. The zero-order valence-electron chi connectivity index (χ0n) is 15.2. The van der Waals surface area contributed by atoms with Gasteiger partial charge < -0.3 is 4.90 Å². The molecule has 0 aliphatic heterocycles. The van der Waals surface area contributed by atoms with Crippen molar-refractivity contribution in [3.8, 4) is 0 Å². The molecule has 0 aromatic heterocycles. The van der Waals surface area contributed by atoms with E-state index >= 15 is 0 Å². The second-order valence-corrected chi connectivity index (χ2v) is 6.14. The second-order valence-electron chi connectivity index (χ2n) is 6.14. The van der Waals surface area contributed by atoms with Gasteiger partial charge in [0.1, 0.15) is 0 Å². The minimum absolute atomic E-state index is 0.0567. The lowest BCUT2D eigenvalue weighted by Gasteiger charge is -2.31. The Balaban J connectivity index is 2.47. The number of carbonyl (C=O) groups is 1. The Morgan fingerprint density at radius 3 is 1.93 bits per heavy atom. The SMILES string of the molecule is CCC(CC)N(Cc1ccccc1)C(=O)c1cc([N+](=O)[O-])cc([N+](=O)[O-])c1. The summed E-state index contributed by atoms with van der Waals surface area (Å²) < 4.78 is 0. The highest BCUT2D eigenvalue weighted by Crippen LogP contribution is 2.25. The molecule has 0 saturated heterocycles. The Labute approximate surface area is 156 Å². The molecule has 0 aliphatic carbocycles. The monoisotopic (exact) mass is 371 g/mol. The Bertz CT molecular complexity index is 802. The summed E-state index contributed by atoms with van der Waals surface area (Å²) in [5, 5.41) is 22.2. The maximum atomic E-state index is 13.1. The lowest BCUT2D eigenvalue weighted by atomic mass is 10.1. The van der Waals surface area contributed by atoms with Crippen LogP contribution in [0.25, 0.3) is 0 Å². The minimum atomic E-state index is -0.734. The number of nitro groups is 2. The van der Waals surface area contributed by atoms with Gasteiger partial charge in [-0.3, -0.25) is 25.0 Å². The molecule has 2 aromatic rings. The van der Waals surface area contributed by atoms with Crippen molar-refractivity contribution in [1.29, 1.82) is 0 Å². The molecule has 142 valence electrons. The smallest absolute Gasteiger partial charge is 0.277 e. The van der Waals surface area contributed by atoms with E-state index in [9.17, 15) is 25.0 Å². The van der Waals surface area contributed by atoms with Crippen LogP contribution in [0.3, 0.4) is 0 Å². The van der Waals surface area contributed by atoms with E-state index in [4.69, 9.17) is 0 Å². The topological polar surface area (TPSA) is 107 Å². The average molecular weight is 371 g/mol. The highest BCUT2D eigenvalue weighted by molar-refractivity contribution is 5.95. The third-order valence-corrected chi connectivity index (χ3v) is 4.41. The molecule has 0 fully saturated rings. The van der Waals surface area contributed by atoms with Crippen molar-refractivity contribution in [1.82, 2.24) is 4.90 Å². The first-order chi connectivity index (χ1) is 12.9. The van der Waals surface area contributed by atoms with Crippen LogP contribution < -0.4 is 0 Å². The van der Waals surface area contributed by atoms with Gasteiger partial charge in [0.15, 0.2) is 0 Å². The zero-order chi connectivity index (χ0) is 20.0. The summed E-state index contributed by atoms with van der Waals surface area (Å²) in [6, 6.07) is 12.3. The molecule has 8 nitrogen and oxygen atoms in total. The molecular weight excluding hydrogens is 350 g/mol. The molecule has 0 N–H and O–H groups in total. The van der Waals surface area contributed by atoms with E-state index in [1.165, 1.54) is 0 Å². The summed E-state index contributed by atoms with van der Waals surface area (Å²) in [7, 11) is 0. The predicted octanol–water partition coefficient (Wildman–Crippen LogP) is 4.33. The number of amides is 1. The van der Waals surface area contributed by atoms with E-state index in [0.29, 0.717) is 19.4 Å². The zero-order valence-corrected chi connectivity index (χ0v) is 15.2. The van der Waals surface area contributed by atoms with Crippen molar-refractivity contribution in [2.45, 2.75) is 39.3 Å². The fourth-order valence-electron chi connectivity index (χ4n) is 2.97. The summed E-state index contributed by atoms with van der Waals surface area (Å²) in [4.78, 5) is 35.5. The van der Waals surface area contributed by atoms with Crippen LogP contribution in [0.4, 0.5) is 11.4 Å². The van der Waals surface area contributed by atoms with Crippen LogP contribution in [0.5, 0.6) is 0 Å². The number of benzene rings is 2. The molecule has 0 radical (unpaired) electrons. The fraction of sp³-hybridized carbons (Fsp3) is 0.316. The van der Waals surface area contributed by atoms with Crippen molar-refractivity contribution >= 4 is 17.3 Å². The molecule has 0 saturated carbocycles. The Morgan fingerprint density at radius 1 is 0.963 bits per heavy atom. The maximum absolute atomic E-state index is 13.1. The number of rotatable bonds is 8. The normalized spacial score (nSPS) is 10.6. The molecule has 0 spiro atoms. The molecular formula is C19H21N3O5. The molecule has 0 heterocycles. The largest absolute Gasteiger partial charge is 0.331 e. The van der Waals surface area contributed by atoms with Gasteiger partial charge in [-0.15, -0.1) is 0 Å². The van der Waals surface area contributed by atoms with Gasteiger partial charge in [0.05, 0.1) is 21.5 Å². The fourth-order valence-corrected chi connectivity index (χ4v) is 2.97. The van der Waals surface area contributed by atoms with E-state index in [1.807, 2.05) is 44.2 Å². The molecule has 27 heavy (non-hydrogen) atoms. The third kappa shape index (κ3) is 4.87. The molecule has 2 aromatic carbocycles. The summed E-state index contributed by atoms with van der Waals surface area (Å²) >= 11 is 0. The van der Waals surface area contributed by atoms with Crippen molar-refractivity contribution < 1.29 is 14.6 Å². The first-order valence-corrected chi connectivity index (χ1v) is 8.66. The number of hydrogen-bond donors (Lipinski definition) is 0. The lowest BCUT2D eigenvalue weighted by molar-refractivity contribution is -0.394. The molecule has 0 bridgehead atoms. The molecule has 2 rings (SSSR count). The van der Waals surface area contributed by atoms with Crippen molar-refractivity contribution in [3.05, 3.63) is 79.9 Å². The average Bonchev–Trinajstić information content (AvgIpc) is 2.67. The summed E-state index contributed by atoms with van der Waals surface area (Å²) in [5.74, 6) is -0.459. The van der Waals surface area contributed by atoms with E-state index in [2.05, 4.69) is 0 Å². The van der Waals surface area contributed by atoms with Gasteiger partial charge in [-0.1, -0.05) is 44.2 Å². The van der Waals surface area contributed by atoms with E-state index in [1.54, 1.807) is 4.90 Å². The first kappa shape index (κ1) is 20.0. The molecule has 0 unspecified atom stereocenters. The van der Waals surface area contributed by atoms with Crippen LogP contribution in [-0.4, -0.2) is 26.7 Å². The molecule has 0 atom stereocenters. The van der Waals surface area contributed by atoms with Gasteiger partial charge in [0.2, 0.25) is 0 Å². The van der Waals surface area contributed by atoms with E-state index in [0.717, 1.165) is 23.8 Å². The third-order valence-electron chi connectivity index (χ3n) is 4.41. The van der Waals surface area contributed by atoms with Gasteiger partial charge >= 0.3 is 0 Å². The highest BCUT2D eigenvalue weighted by atomic mass is 16.6. The lowest BCUT2D eigenvalue weighted by Crippen LogP contribution is -2.39. The maximum Gasteiger partial charge on any atom is 0.277 e. The second kappa shape index (κ2) is 8.88. The Morgan fingerprint density at radius 2 is 1.48 bits per heavy atom. The number of hydrogen-bond acceptors (Lipinski definition) is 5. The molecule has 8 heteroatoms. The quantitative estimate of drug-likeness (QED) is 0.507. The van der Waals surface area contributed by atoms with E-state index in [-0.39, 0.29) is 11.6 Å². The predicted molar refractivity (Wildman–Crippen MR) is 100 cm³/mol. The van der Waals surface area contributed by atoms with Gasteiger partial charge in [-0.25, -0.2) is 0 Å². The van der Waals surface area contributed by atoms with Gasteiger partial charge in [-0.2, -0.15) is 0 Å². The van der Waals surface area contributed by atoms with Crippen LogP contribution >= 0.6 is 0 Å². The number of non-ortho nitro benzene ring substituents is 2. The number of nitrogens with zero attached hydrogens (tertiary/aromatic N) is 3. The van der Waals surface area contributed by atoms with Crippen LogP contribution in [0.2, 0.25) is 0 Å². The first-order valence-electron chi connectivity index (χ1n) is 8.66. The Hall–Kier alpha value is -3.29. The van der Waals surface area contributed by atoms with Crippen LogP contribution in [-0.2, 0) is 6.54 Å². The summed E-state index contributed by atoms with van der Waals surface area (Å²) in [6.45, 7) is 4.23. The molecule has 1 amide bonds. The molecule has 0 aliphatic rings. The van der Waals surface area contributed by atoms with Crippen molar-refractivity contribution in [2.75, 3.05) is 0 Å². The van der Waals surface area contributed by atoms with E-state index < -0.39 is 27.1 Å². The van der Waals surface area contributed by atoms with Gasteiger partial charge in [0, 0.05) is 24.7 Å².